The molecule has 0 aliphatic heterocycles. The smallest absolute Gasteiger partial charge is 0.255 e. The normalized spacial score (nSPS) is 20.0. The summed E-state index contributed by atoms with van der Waals surface area (Å²) in [5.41, 5.74) is 1.15. The predicted molar refractivity (Wildman–Crippen MR) is 113 cm³/mol. The van der Waals surface area contributed by atoms with Crippen molar-refractivity contribution in [2.24, 2.45) is 5.92 Å². The monoisotopic (exact) mass is 356 g/mol. The van der Waals surface area contributed by atoms with Crippen molar-refractivity contribution in [2.45, 2.75) is 72.3 Å². The van der Waals surface area contributed by atoms with Crippen LogP contribution in [0.5, 0.6) is 0 Å². The second-order valence-electron chi connectivity index (χ2n) is 7.85. The number of benzene rings is 1. The molecule has 1 aliphatic carbocycles. The minimum absolute atomic E-state index is 0.0208. The molecule has 0 saturated heterocycles. The highest BCUT2D eigenvalue weighted by Crippen LogP contribution is 2.27. The lowest BCUT2D eigenvalue weighted by Crippen LogP contribution is -2.38. The molecule has 1 aromatic heterocycles. The summed E-state index contributed by atoms with van der Waals surface area (Å²) in [7, 11) is 0. The van der Waals surface area contributed by atoms with Gasteiger partial charge in [0.1, 0.15) is 0 Å². The van der Waals surface area contributed by atoms with Crippen LogP contribution >= 0.6 is 0 Å². The Bertz CT molecular complexity index is 707. The van der Waals surface area contributed by atoms with Gasteiger partial charge in [-0.15, -0.1) is 0 Å². The van der Waals surface area contributed by atoms with Gasteiger partial charge in [-0.3, -0.25) is 4.79 Å². The molecule has 1 aliphatic rings. The Hall–Kier alpha value is -1.61. The zero-order valence-corrected chi connectivity index (χ0v) is 17.1. The number of hydrogen-bond donors (Lipinski definition) is 1. The van der Waals surface area contributed by atoms with Crippen LogP contribution < -0.4 is 5.56 Å². The van der Waals surface area contributed by atoms with Gasteiger partial charge in [0.15, 0.2) is 0 Å². The first kappa shape index (κ1) is 20.7. The fraction of sp³-hybridized carbons (Fsp3) is 0.609. The summed E-state index contributed by atoms with van der Waals surface area (Å²) in [6.07, 6.45) is 10.1. The highest BCUT2D eigenvalue weighted by Gasteiger charge is 2.22. The number of nitrogens with one attached hydrogen (secondary N) is 1. The van der Waals surface area contributed by atoms with E-state index in [-0.39, 0.29) is 5.56 Å². The van der Waals surface area contributed by atoms with Crippen LogP contribution in [-0.2, 0) is 0 Å². The Morgan fingerprint density at radius 1 is 1.04 bits per heavy atom. The van der Waals surface area contributed by atoms with Crippen molar-refractivity contribution in [3.63, 3.8) is 0 Å². The van der Waals surface area contributed by atoms with E-state index in [0.717, 1.165) is 22.7 Å². The molecule has 144 valence electrons. The summed E-state index contributed by atoms with van der Waals surface area (Å²) in [6.45, 7) is 11.6. The Labute approximate surface area is 158 Å². The van der Waals surface area contributed by atoms with E-state index in [1.807, 2.05) is 31.2 Å². The van der Waals surface area contributed by atoms with Crippen molar-refractivity contribution in [3.8, 4) is 0 Å². The van der Waals surface area contributed by atoms with E-state index in [2.05, 4.69) is 30.7 Å². The fourth-order valence-corrected chi connectivity index (χ4v) is 3.97. The molecule has 26 heavy (non-hydrogen) atoms. The zero-order chi connectivity index (χ0) is 18.9. The van der Waals surface area contributed by atoms with E-state index >= 15 is 0 Å². The minimum Gasteiger partial charge on any atom is -0.329 e. The molecular weight excluding hydrogens is 320 g/mol. The van der Waals surface area contributed by atoms with Crippen LogP contribution in [0.4, 0.5) is 0 Å². The molecule has 0 unspecified atom stereocenters. The largest absolute Gasteiger partial charge is 0.329 e. The van der Waals surface area contributed by atoms with Crippen LogP contribution in [0, 0.1) is 12.8 Å². The third kappa shape index (κ3) is 5.98. The van der Waals surface area contributed by atoms with Gasteiger partial charge >= 0.3 is 0 Å². The fourth-order valence-electron chi connectivity index (χ4n) is 3.97. The maximum atomic E-state index is 11.2. The SMILES string of the molecule is CCCN(CCC)C1CCC(C)CC1.Cc1ccc2c(=O)[nH]ccc2c1. The average molecular weight is 357 g/mol. The Kier molecular flexibility index (Phi) is 8.37. The average Bonchev–Trinajstić information content (AvgIpc) is 2.63. The van der Waals surface area contributed by atoms with Crippen LogP contribution in [0.25, 0.3) is 10.8 Å². The van der Waals surface area contributed by atoms with Gasteiger partial charge in [-0.25, -0.2) is 0 Å². The number of rotatable bonds is 5. The molecule has 1 saturated carbocycles. The number of aromatic nitrogens is 1. The first-order valence-corrected chi connectivity index (χ1v) is 10.4. The van der Waals surface area contributed by atoms with Gasteiger partial charge in [0.2, 0.25) is 0 Å². The summed E-state index contributed by atoms with van der Waals surface area (Å²) in [6, 6.07) is 8.61. The van der Waals surface area contributed by atoms with Crippen molar-refractivity contribution in [1.82, 2.24) is 9.88 Å². The second kappa shape index (κ2) is 10.5. The first-order valence-electron chi connectivity index (χ1n) is 10.4. The van der Waals surface area contributed by atoms with Crippen LogP contribution in [0.3, 0.4) is 0 Å². The maximum Gasteiger partial charge on any atom is 0.255 e. The highest BCUT2D eigenvalue weighted by molar-refractivity contribution is 5.81. The van der Waals surface area contributed by atoms with Crippen LogP contribution in [0.2, 0.25) is 0 Å². The maximum absolute atomic E-state index is 11.2. The van der Waals surface area contributed by atoms with Crippen molar-refractivity contribution in [3.05, 3.63) is 46.4 Å². The Morgan fingerprint density at radius 3 is 2.31 bits per heavy atom. The molecule has 3 heteroatoms. The molecule has 0 amide bonds. The number of H-pyrrole nitrogens is 1. The van der Waals surface area contributed by atoms with E-state index < -0.39 is 0 Å². The second-order valence-corrected chi connectivity index (χ2v) is 7.85. The molecule has 1 aromatic carbocycles. The van der Waals surface area contributed by atoms with E-state index in [4.69, 9.17) is 0 Å². The lowest BCUT2D eigenvalue weighted by atomic mass is 9.86. The molecular formula is C23H36N2O. The van der Waals surface area contributed by atoms with E-state index in [0.29, 0.717) is 0 Å². The Morgan fingerprint density at radius 2 is 1.69 bits per heavy atom. The number of aryl methyl sites for hydroxylation is 1. The molecule has 0 bridgehead atoms. The number of hydrogen-bond acceptors (Lipinski definition) is 2. The van der Waals surface area contributed by atoms with Crippen molar-refractivity contribution in [1.29, 1.82) is 0 Å². The van der Waals surface area contributed by atoms with E-state index in [1.165, 1.54) is 57.2 Å². The van der Waals surface area contributed by atoms with Gasteiger partial charge in [0.05, 0.1) is 0 Å². The molecule has 1 heterocycles. The van der Waals surface area contributed by atoms with Gasteiger partial charge in [0, 0.05) is 17.6 Å². The van der Waals surface area contributed by atoms with E-state index in [1.54, 1.807) is 6.20 Å². The van der Waals surface area contributed by atoms with Crippen molar-refractivity contribution in [2.75, 3.05) is 13.1 Å². The molecule has 1 N–H and O–H groups in total. The predicted octanol–water partition coefficient (Wildman–Crippen LogP) is 5.52. The molecule has 1 fully saturated rings. The lowest BCUT2D eigenvalue weighted by Gasteiger charge is -2.35. The highest BCUT2D eigenvalue weighted by atomic mass is 16.1. The summed E-state index contributed by atoms with van der Waals surface area (Å²) in [5.74, 6) is 0.983. The van der Waals surface area contributed by atoms with Gasteiger partial charge < -0.3 is 9.88 Å². The molecule has 3 rings (SSSR count). The van der Waals surface area contributed by atoms with Crippen LogP contribution in [0.1, 0.15) is 64.9 Å². The zero-order valence-electron chi connectivity index (χ0n) is 17.1. The first-order chi connectivity index (χ1) is 12.5. The van der Waals surface area contributed by atoms with Gasteiger partial charge in [-0.2, -0.15) is 0 Å². The third-order valence-electron chi connectivity index (χ3n) is 5.45. The van der Waals surface area contributed by atoms with Crippen molar-refractivity contribution >= 4 is 10.8 Å². The van der Waals surface area contributed by atoms with Gasteiger partial charge in [-0.1, -0.05) is 38.5 Å². The summed E-state index contributed by atoms with van der Waals surface area (Å²) >= 11 is 0. The van der Waals surface area contributed by atoms with Crippen molar-refractivity contribution < 1.29 is 0 Å². The summed E-state index contributed by atoms with van der Waals surface area (Å²) in [4.78, 5) is 16.6. The molecule has 0 spiro atoms. The van der Waals surface area contributed by atoms with E-state index in [9.17, 15) is 4.79 Å². The van der Waals surface area contributed by atoms with Crippen LogP contribution in [-0.4, -0.2) is 29.0 Å². The lowest BCUT2D eigenvalue weighted by molar-refractivity contribution is 0.140. The topological polar surface area (TPSA) is 36.1 Å². The Balaban J connectivity index is 0.000000189. The summed E-state index contributed by atoms with van der Waals surface area (Å²) < 4.78 is 0. The minimum atomic E-state index is -0.0208. The number of nitrogens with zero attached hydrogens (tertiary/aromatic N) is 1. The summed E-state index contributed by atoms with van der Waals surface area (Å²) in [5, 5.41) is 1.75. The number of aromatic amines is 1. The molecule has 0 radical (unpaired) electrons. The number of pyridine rings is 1. The van der Waals surface area contributed by atoms with Crippen LogP contribution in [0.15, 0.2) is 35.3 Å². The van der Waals surface area contributed by atoms with Gasteiger partial charge in [0.25, 0.3) is 5.56 Å². The van der Waals surface area contributed by atoms with Gasteiger partial charge in [-0.05, 0) is 82.0 Å². The molecule has 2 aromatic rings. The molecule has 0 atom stereocenters. The molecule has 3 nitrogen and oxygen atoms in total. The number of fused-ring (bicyclic) bond motifs is 1. The third-order valence-corrected chi connectivity index (χ3v) is 5.45. The quantitative estimate of drug-likeness (QED) is 0.765. The standard InChI is InChI=1S/C13H27N.C10H9NO/c1-4-10-14(11-5-2)13-8-6-12(3)7-9-13;1-7-2-3-9-8(6-7)4-5-11-10(9)12/h12-13H,4-11H2,1-3H3;2-6H,1H3,(H,11,12).